The molecule has 0 saturated carbocycles. The maximum atomic E-state index is 13.1. The van der Waals surface area contributed by atoms with Crippen molar-refractivity contribution in [3.8, 4) is 5.75 Å². The van der Waals surface area contributed by atoms with Crippen molar-refractivity contribution in [3.63, 3.8) is 0 Å². The van der Waals surface area contributed by atoms with Crippen LogP contribution in [0.15, 0.2) is 36.5 Å². The van der Waals surface area contributed by atoms with Crippen LogP contribution < -0.4 is 9.64 Å². The monoisotopic (exact) mass is 325 g/mol. The summed E-state index contributed by atoms with van der Waals surface area (Å²) in [7, 11) is 0. The molecule has 0 spiro atoms. The number of hydrogen-bond acceptors (Lipinski definition) is 3. The third-order valence-electron chi connectivity index (χ3n) is 5.21. The van der Waals surface area contributed by atoms with E-state index in [-0.39, 0.29) is 17.9 Å². The molecule has 0 aliphatic carbocycles. The number of benzene rings is 1. The molecule has 2 aromatic rings. The molecule has 0 N–H and O–H groups in total. The average molecular weight is 325 g/mol. The molecule has 24 heavy (non-hydrogen) atoms. The van der Waals surface area contributed by atoms with Gasteiger partial charge in [-0.15, -0.1) is 0 Å². The van der Waals surface area contributed by atoms with Gasteiger partial charge in [-0.05, 0) is 44.2 Å². The molecule has 0 radical (unpaired) electrons. The van der Waals surface area contributed by atoms with E-state index >= 15 is 0 Å². The normalized spacial score (nSPS) is 25.6. The Morgan fingerprint density at radius 1 is 1.25 bits per heavy atom. The van der Waals surface area contributed by atoms with E-state index in [1.165, 1.54) is 0 Å². The number of anilines is 1. The standard InChI is InChI=1S/C19H23N3O2/c1-13-11-14(2)22-18(7-9-20-22)21(13)19(23)12-15-8-10-24-17-6-4-3-5-16(15)17/h3-7,9,13-15H,8,10-12H2,1-2H3. The van der Waals surface area contributed by atoms with Gasteiger partial charge in [-0.25, -0.2) is 4.68 Å². The number of rotatable bonds is 2. The molecular formula is C19H23N3O2. The van der Waals surface area contributed by atoms with Crippen LogP contribution in [0.1, 0.15) is 50.6 Å². The second-order valence-corrected chi connectivity index (χ2v) is 6.91. The third-order valence-corrected chi connectivity index (χ3v) is 5.21. The van der Waals surface area contributed by atoms with Gasteiger partial charge < -0.3 is 4.74 Å². The average Bonchev–Trinajstić information content (AvgIpc) is 3.05. The second-order valence-electron chi connectivity index (χ2n) is 6.91. The highest BCUT2D eigenvalue weighted by Gasteiger charge is 2.34. The van der Waals surface area contributed by atoms with Gasteiger partial charge >= 0.3 is 0 Å². The van der Waals surface area contributed by atoms with Crippen LogP contribution in [-0.2, 0) is 4.79 Å². The number of fused-ring (bicyclic) bond motifs is 2. The number of carbonyl (C=O) groups is 1. The Morgan fingerprint density at radius 3 is 2.96 bits per heavy atom. The fourth-order valence-electron chi connectivity index (χ4n) is 4.07. The molecular weight excluding hydrogens is 302 g/mol. The molecule has 0 bridgehead atoms. The fourth-order valence-corrected chi connectivity index (χ4v) is 4.07. The van der Waals surface area contributed by atoms with Crippen LogP contribution >= 0.6 is 0 Å². The van der Waals surface area contributed by atoms with E-state index in [0.717, 1.165) is 30.0 Å². The van der Waals surface area contributed by atoms with Crippen molar-refractivity contribution < 1.29 is 9.53 Å². The highest BCUT2D eigenvalue weighted by atomic mass is 16.5. The van der Waals surface area contributed by atoms with Gasteiger partial charge in [-0.3, -0.25) is 9.69 Å². The van der Waals surface area contributed by atoms with E-state index in [1.54, 1.807) is 6.20 Å². The van der Waals surface area contributed by atoms with Gasteiger partial charge in [0.2, 0.25) is 5.91 Å². The maximum absolute atomic E-state index is 13.1. The van der Waals surface area contributed by atoms with Gasteiger partial charge in [-0.2, -0.15) is 5.10 Å². The van der Waals surface area contributed by atoms with E-state index in [1.807, 2.05) is 33.8 Å². The largest absolute Gasteiger partial charge is 0.493 e. The molecule has 1 aromatic heterocycles. The van der Waals surface area contributed by atoms with Crippen LogP contribution in [0.25, 0.3) is 0 Å². The number of carbonyl (C=O) groups excluding carboxylic acids is 1. The van der Waals surface area contributed by atoms with Gasteiger partial charge in [0.15, 0.2) is 0 Å². The minimum atomic E-state index is 0.179. The Hall–Kier alpha value is -2.30. The first kappa shape index (κ1) is 15.2. The molecule has 0 saturated heterocycles. The predicted molar refractivity (Wildman–Crippen MR) is 92.4 cm³/mol. The van der Waals surface area contributed by atoms with Crippen molar-refractivity contribution >= 4 is 11.7 Å². The predicted octanol–water partition coefficient (Wildman–Crippen LogP) is 3.53. The molecule has 3 heterocycles. The first-order valence-electron chi connectivity index (χ1n) is 8.72. The van der Waals surface area contributed by atoms with Crippen molar-refractivity contribution in [3.05, 3.63) is 42.1 Å². The summed E-state index contributed by atoms with van der Waals surface area (Å²) in [6.07, 6.45) is 4.13. The van der Waals surface area contributed by atoms with Crippen LogP contribution in [0.4, 0.5) is 5.82 Å². The maximum Gasteiger partial charge on any atom is 0.229 e. The lowest BCUT2D eigenvalue weighted by molar-refractivity contribution is -0.119. The van der Waals surface area contributed by atoms with Gasteiger partial charge in [0.25, 0.3) is 0 Å². The van der Waals surface area contributed by atoms with Crippen molar-refractivity contribution in [1.82, 2.24) is 9.78 Å². The molecule has 3 unspecified atom stereocenters. The molecule has 2 aliphatic heterocycles. The highest BCUT2D eigenvalue weighted by molar-refractivity contribution is 5.94. The van der Waals surface area contributed by atoms with Gasteiger partial charge in [-0.1, -0.05) is 18.2 Å². The zero-order valence-corrected chi connectivity index (χ0v) is 14.2. The number of para-hydroxylation sites is 1. The topological polar surface area (TPSA) is 47.4 Å². The highest BCUT2D eigenvalue weighted by Crippen LogP contribution is 2.38. The lowest BCUT2D eigenvalue weighted by Gasteiger charge is -2.38. The molecule has 126 valence electrons. The van der Waals surface area contributed by atoms with E-state index < -0.39 is 0 Å². The number of nitrogens with zero attached hydrogens (tertiary/aromatic N) is 3. The van der Waals surface area contributed by atoms with Crippen LogP contribution in [-0.4, -0.2) is 28.3 Å². The minimum Gasteiger partial charge on any atom is -0.493 e. The Balaban J connectivity index is 1.59. The SMILES string of the molecule is CC1CC(C)n2nccc2N1C(=O)CC1CCOc2ccccc21. The first-order valence-corrected chi connectivity index (χ1v) is 8.72. The quantitative estimate of drug-likeness (QED) is 0.848. The summed E-state index contributed by atoms with van der Waals surface area (Å²) in [6.45, 7) is 4.96. The Bertz CT molecular complexity index is 755. The lowest BCUT2D eigenvalue weighted by Crippen LogP contribution is -2.45. The molecule has 1 amide bonds. The van der Waals surface area contributed by atoms with Crippen molar-refractivity contribution in [2.45, 2.75) is 51.1 Å². The Morgan fingerprint density at radius 2 is 2.08 bits per heavy atom. The van der Waals surface area contributed by atoms with Crippen molar-refractivity contribution in [1.29, 1.82) is 0 Å². The summed E-state index contributed by atoms with van der Waals surface area (Å²) in [5.41, 5.74) is 1.16. The Labute approximate surface area is 142 Å². The lowest BCUT2D eigenvalue weighted by atomic mass is 9.89. The van der Waals surface area contributed by atoms with Crippen molar-refractivity contribution in [2.24, 2.45) is 0 Å². The zero-order chi connectivity index (χ0) is 16.7. The van der Waals surface area contributed by atoms with E-state index in [0.29, 0.717) is 19.1 Å². The van der Waals surface area contributed by atoms with Gasteiger partial charge in [0, 0.05) is 18.5 Å². The van der Waals surface area contributed by atoms with Gasteiger partial charge in [0.1, 0.15) is 11.6 Å². The van der Waals surface area contributed by atoms with E-state index in [9.17, 15) is 4.79 Å². The summed E-state index contributed by atoms with van der Waals surface area (Å²) in [5, 5.41) is 4.39. The van der Waals surface area contributed by atoms with Crippen molar-refractivity contribution in [2.75, 3.05) is 11.5 Å². The minimum absolute atomic E-state index is 0.179. The Kier molecular flexibility index (Phi) is 3.79. The van der Waals surface area contributed by atoms with Gasteiger partial charge in [0.05, 0.1) is 18.8 Å². The smallest absolute Gasteiger partial charge is 0.229 e. The third kappa shape index (κ3) is 2.48. The van der Waals surface area contributed by atoms with E-state index in [2.05, 4.69) is 25.0 Å². The molecule has 1 aromatic carbocycles. The molecule has 0 fully saturated rings. The molecule has 2 aliphatic rings. The summed E-state index contributed by atoms with van der Waals surface area (Å²) >= 11 is 0. The summed E-state index contributed by atoms with van der Waals surface area (Å²) in [6, 6.07) is 10.6. The molecule has 5 heteroatoms. The van der Waals surface area contributed by atoms with Crippen LogP contribution in [0.5, 0.6) is 5.75 Å². The summed E-state index contributed by atoms with van der Waals surface area (Å²) in [4.78, 5) is 15.0. The summed E-state index contributed by atoms with van der Waals surface area (Å²) < 4.78 is 7.69. The van der Waals surface area contributed by atoms with Crippen LogP contribution in [0.3, 0.4) is 0 Å². The summed E-state index contributed by atoms with van der Waals surface area (Å²) in [5.74, 6) is 2.25. The first-order chi connectivity index (χ1) is 11.6. The number of aromatic nitrogens is 2. The number of amides is 1. The molecule has 4 rings (SSSR count). The second kappa shape index (κ2) is 5.96. The number of ether oxygens (including phenoxy) is 1. The zero-order valence-electron chi connectivity index (χ0n) is 14.2. The molecule has 3 atom stereocenters. The fraction of sp³-hybridized carbons (Fsp3) is 0.474. The molecule has 5 nitrogen and oxygen atoms in total. The number of hydrogen-bond donors (Lipinski definition) is 0. The van der Waals surface area contributed by atoms with Crippen LogP contribution in [0, 0.1) is 0 Å². The van der Waals surface area contributed by atoms with Crippen LogP contribution in [0.2, 0.25) is 0 Å². The van der Waals surface area contributed by atoms with E-state index in [4.69, 9.17) is 4.74 Å².